The van der Waals surface area contributed by atoms with E-state index in [-0.39, 0.29) is 17.2 Å². The van der Waals surface area contributed by atoms with Gasteiger partial charge in [-0.25, -0.2) is 4.79 Å². The molecule has 2 aromatic carbocycles. The Morgan fingerprint density at radius 3 is 2.34 bits per heavy atom. The predicted molar refractivity (Wildman–Crippen MR) is 120 cm³/mol. The Morgan fingerprint density at radius 1 is 1.09 bits per heavy atom. The van der Waals surface area contributed by atoms with Crippen LogP contribution < -0.4 is 4.74 Å². The molecule has 0 saturated carbocycles. The summed E-state index contributed by atoms with van der Waals surface area (Å²) < 4.78 is 7.51. The predicted octanol–water partition coefficient (Wildman–Crippen LogP) is 4.62. The van der Waals surface area contributed by atoms with Crippen LogP contribution >= 0.6 is 0 Å². The molecular formula is C23H23N3O6. The Labute approximate surface area is 184 Å². The van der Waals surface area contributed by atoms with Crippen LogP contribution in [0.15, 0.2) is 47.6 Å². The molecule has 0 unspecified atom stereocenters. The van der Waals surface area contributed by atoms with E-state index in [4.69, 9.17) is 4.74 Å². The van der Waals surface area contributed by atoms with Crippen LogP contribution in [-0.4, -0.2) is 33.6 Å². The molecule has 166 valence electrons. The maximum atomic E-state index is 13.3. The standard InChI is InChI=1S/C23H23N3O6/c1-5-20-22(23(28)14(3)24-32-15(4)27)19-13-18(31-6-2)11-12-21(19)25(20)16-7-9-17(10-8-16)26(29)30/h7-13H,5-6H2,1-4H3/b24-14+. The number of nitro groups is 1. The van der Waals surface area contributed by atoms with Gasteiger partial charge in [-0.1, -0.05) is 12.1 Å². The van der Waals surface area contributed by atoms with Crippen LogP contribution in [0.3, 0.4) is 0 Å². The van der Waals surface area contributed by atoms with Crippen molar-refractivity contribution in [2.75, 3.05) is 6.61 Å². The number of benzene rings is 2. The highest BCUT2D eigenvalue weighted by Crippen LogP contribution is 2.34. The molecule has 9 heteroatoms. The van der Waals surface area contributed by atoms with Gasteiger partial charge in [0.25, 0.3) is 5.69 Å². The second-order valence-corrected chi connectivity index (χ2v) is 6.98. The molecule has 0 N–H and O–H groups in total. The number of ketones is 1. The van der Waals surface area contributed by atoms with Crippen LogP contribution in [0, 0.1) is 10.1 Å². The van der Waals surface area contributed by atoms with E-state index >= 15 is 0 Å². The van der Waals surface area contributed by atoms with Crippen LogP contribution in [0.4, 0.5) is 5.69 Å². The Kier molecular flexibility index (Phi) is 6.67. The molecule has 0 saturated heterocycles. The Bertz CT molecular complexity index is 1220. The number of hydrogen-bond donors (Lipinski definition) is 0. The molecule has 0 bridgehead atoms. The number of carbonyl (C=O) groups is 2. The van der Waals surface area contributed by atoms with Crippen molar-refractivity contribution in [2.24, 2.45) is 5.16 Å². The lowest BCUT2D eigenvalue weighted by Gasteiger charge is -2.11. The Morgan fingerprint density at radius 2 is 1.78 bits per heavy atom. The van der Waals surface area contributed by atoms with Gasteiger partial charge in [-0.2, -0.15) is 0 Å². The van der Waals surface area contributed by atoms with E-state index in [1.165, 1.54) is 26.0 Å². The van der Waals surface area contributed by atoms with E-state index in [0.717, 1.165) is 5.52 Å². The average Bonchev–Trinajstić information content (AvgIpc) is 3.10. The van der Waals surface area contributed by atoms with Crippen molar-refractivity contribution >= 4 is 34.1 Å². The van der Waals surface area contributed by atoms with Gasteiger partial charge in [-0.05, 0) is 50.6 Å². The van der Waals surface area contributed by atoms with Gasteiger partial charge in [0.2, 0.25) is 5.78 Å². The number of oxime groups is 1. The van der Waals surface area contributed by atoms with E-state index in [0.29, 0.717) is 41.1 Å². The molecule has 0 spiro atoms. The number of nitro benzene ring substituents is 1. The maximum Gasteiger partial charge on any atom is 0.331 e. The number of Topliss-reactive ketones (excluding diaryl/α,β-unsaturated/α-hetero) is 1. The minimum atomic E-state index is -0.625. The molecule has 0 fully saturated rings. The largest absolute Gasteiger partial charge is 0.494 e. The first-order valence-electron chi connectivity index (χ1n) is 10.1. The molecule has 32 heavy (non-hydrogen) atoms. The van der Waals surface area contributed by atoms with E-state index in [1.54, 1.807) is 24.3 Å². The summed E-state index contributed by atoms with van der Waals surface area (Å²) in [5.41, 5.74) is 2.53. The summed E-state index contributed by atoms with van der Waals surface area (Å²) in [6.45, 7) is 6.92. The number of rotatable bonds is 8. The van der Waals surface area contributed by atoms with E-state index in [1.807, 2.05) is 24.5 Å². The molecule has 0 atom stereocenters. The lowest BCUT2D eigenvalue weighted by Crippen LogP contribution is -2.14. The third kappa shape index (κ3) is 4.36. The fraction of sp³-hybridized carbons (Fsp3) is 0.261. The molecule has 9 nitrogen and oxygen atoms in total. The van der Waals surface area contributed by atoms with Crippen molar-refractivity contribution in [3.63, 3.8) is 0 Å². The van der Waals surface area contributed by atoms with Crippen molar-refractivity contribution in [3.05, 3.63) is 63.8 Å². The normalized spacial score (nSPS) is 11.4. The van der Waals surface area contributed by atoms with Gasteiger partial charge in [0, 0.05) is 35.8 Å². The van der Waals surface area contributed by atoms with Crippen molar-refractivity contribution in [2.45, 2.75) is 34.1 Å². The van der Waals surface area contributed by atoms with Crippen LogP contribution in [0.1, 0.15) is 43.7 Å². The second-order valence-electron chi connectivity index (χ2n) is 6.98. The van der Waals surface area contributed by atoms with Crippen molar-refractivity contribution in [3.8, 4) is 11.4 Å². The highest BCUT2D eigenvalue weighted by Gasteiger charge is 2.25. The lowest BCUT2D eigenvalue weighted by atomic mass is 10.0. The fourth-order valence-corrected chi connectivity index (χ4v) is 3.54. The minimum Gasteiger partial charge on any atom is -0.494 e. The summed E-state index contributed by atoms with van der Waals surface area (Å²) in [4.78, 5) is 39.7. The Balaban J connectivity index is 2.28. The summed E-state index contributed by atoms with van der Waals surface area (Å²) in [5, 5.41) is 15.4. The van der Waals surface area contributed by atoms with Gasteiger partial charge in [0.1, 0.15) is 11.5 Å². The second kappa shape index (κ2) is 9.42. The third-order valence-corrected chi connectivity index (χ3v) is 4.87. The third-order valence-electron chi connectivity index (χ3n) is 4.87. The maximum absolute atomic E-state index is 13.3. The lowest BCUT2D eigenvalue weighted by molar-refractivity contribution is -0.384. The molecule has 1 aromatic heterocycles. The van der Waals surface area contributed by atoms with Gasteiger partial charge in [-0.3, -0.25) is 14.9 Å². The molecule has 0 amide bonds. The fourth-order valence-electron chi connectivity index (χ4n) is 3.54. The first kappa shape index (κ1) is 22.7. The number of nitrogens with zero attached hydrogens (tertiary/aromatic N) is 3. The summed E-state index contributed by atoms with van der Waals surface area (Å²) in [6, 6.07) is 11.6. The average molecular weight is 437 g/mol. The summed E-state index contributed by atoms with van der Waals surface area (Å²) in [6.07, 6.45) is 0.498. The van der Waals surface area contributed by atoms with Crippen molar-refractivity contribution in [1.82, 2.24) is 4.57 Å². The SMILES string of the molecule is CCOc1ccc2c(c1)c(C(=O)/C(C)=N/OC(C)=O)c(CC)n2-c1ccc([N+](=O)[O-])cc1. The molecular weight excluding hydrogens is 414 g/mol. The quantitative estimate of drug-likeness (QED) is 0.167. The monoisotopic (exact) mass is 437 g/mol. The molecule has 0 aliphatic carbocycles. The van der Waals surface area contributed by atoms with E-state index < -0.39 is 10.9 Å². The molecule has 3 rings (SSSR count). The van der Waals surface area contributed by atoms with Gasteiger partial charge in [-0.15, -0.1) is 0 Å². The molecule has 1 heterocycles. The summed E-state index contributed by atoms with van der Waals surface area (Å²) in [7, 11) is 0. The highest BCUT2D eigenvalue weighted by molar-refractivity contribution is 6.47. The van der Waals surface area contributed by atoms with Gasteiger partial charge in [0.15, 0.2) is 0 Å². The van der Waals surface area contributed by atoms with Crippen LogP contribution in [0.5, 0.6) is 5.75 Å². The Hall–Kier alpha value is -4.01. The molecule has 3 aromatic rings. The van der Waals surface area contributed by atoms with Gasteiger partial charge in [0.05, 0.1) is 22.6 Å². The molecule has 0 radical (unpaired) electrons. The first-order valence-corrected chi connectivity index (χ1v) is 10.1. The van der Waals surface area contributed by atoms with Crippen LogP contribution in [0.2, 0.25) is 0 Å². The number of carbonyl (C=O) groups excluding carboxylic acids is 2. The van der Waals surface area contributed by atoms with Gasteiger partial charge >= 0.3 is 5.97 Å². The zero-order valence-corrected chi connectivity index (χ0v) is 18.2. The smallest absolute Gasteiger partial charge is 0.331 e. The zero-order valence-electron chi connectivity index (χ0n) is 18.2. The van der Waals surface area contributed by atoms with E-state index in [2.05, 4.69) is 9.99 Å². The summed E-state index contributed by atoms with van der Waals surface area (Å²) in [5.74, 6) is -0.408. The number of ether oxygens (including phenoxy) is 1. The van der Waals surface area contributed by atoms with Crippen LogP contribution in [0.25, 0.3) is 16.6 Å². The minimum absolute atomic E-state index is 0.0254. The van der Waals surface area contributed by atoms with Crippen LogP contribution in [-0.2, 0) is 16.1 Å². The molecule has 0 aliphatic heterocycles. The number of aromatic nitrogens is 1. The topological polar surface area (TPSA) is 113 Å². The first-order chi connectivity index (χ1) is 15.3. The van der Waals surface area contributed by atoms with Crippen molar-refractivity contribution < 1.29 is 24.1 Å². The van der Waals surface area contributed by atoms with Crippen molar-refractivity contribution in [1.29, 1.82) is 0 Å². The summed E-state index contributed by atoms with van der Waals surface area (Å²) >= 11 is 0. The van der Waals surface area contributed by atoms with Gasteiger partial charge < -0.3 is 14.1 Å². The number of hydrogen-bond acceptors (Lipinski definition) is 7. The van der Waals surface area contributed by atoms with E-state index in [9.17, 15) is 19.7 Å². The number of non-ortho nitro benzene ring substituents is 1. The highest BCUT2D eigenvalue weighted by atomic mass is 16.7. The number of fused-ring (bicyclic) bond motifs is 1. The zero-order chi connectivity index (χ0) is 23.4. The molecule has 0 aliphatic rings.